The molecule has 0 atom stereocenters. The van der Waals surface area contributed by atoms with E-state index >= 15 is 0 Å². The number of methoxy groups -OCH3 is 1. The van der Waals surface area contributed by atoms with Crippen molar-refractivity contribution in [3.63, 3.8) is 0 Å². The minimum Gasteiger partial charge on any atom is -0.497 e. The van der Waals surface area contributed by atoms with Crippen LogP contribution < -0.4 is 10.5 Å². The van der Waals surface area contributed by atoms with Gasteiger partial charge in [0.15, 0.2) is 5.65 Å². The summed E-state index contributed by atoms with van der Waals surface area (Å²) in [5.41, 5.74) is 9.37. The van der Waals surface area contributed by atoms with E-state index in [2.05, 4.69) is 10.1 Å². The zero-order chi connectivity index (χ0) is 14.1. The van der Waals surface area contributed by atoms with Crippen LogP contribution in [0.3, 0.4) is 0 Å². The lowest BCUT2D eigenvalue weighted by Crippen LogP contribution is -2.03. The molecule has 102 valence electrons. The number of rotatable bonds is 3. The molecule has 0 aliphatic carbocycles. The second kappa shape index (κ2) is 4.85. The minimum atomic E-state index is 0.657. The molecule has 2 heterocycles. The number of nitrogen functional groups attached to an aromatic ring is 1. The van der Waals surface area contributed by atoms with Crippen LogP contribution in [-0.2, 0) is 6.54 Å². The molecule has 5 heteroatoms. The molecule has 2 aromatic heterocycles. The van der Waals surface area contributed by atoms with E-state index in [9.17, 15) is 0 Å². The van der Waals surface area contributed by atoms with Crippen molar-refractivity contribution in [1.82, 2.24) is 14.8 Å². The Hall–Kier alpha value is -2.56. The third kappa shape index (κ3) is 2.18. The number of anilines is 1. The van der Waals surface area contributed by atoms with Gasteiger partial charge in [-0.1, -0.05) is 12.1 Å². The molecule has 2 N–H and O–H groups in total. The molecule has 5 nitrogen and oxygen atoms in total. The lowest BCUT2D eigenvalue weighted by molar-refractivity contribution is 0.414. The third-order valence-corrected chi connectivity index (χ3v) is 3.28. The van der Waals surface area contributed by atoms with Crippen molar-refractivity contribution >= 4 is 16.7 Å². The summed E-state index contributed by atoms with van der Waals surface area (Å²) in [4.78, 5) is 4.38. The number of hydrogen-bond donors (Lipinski definition) is 1. The maximum Gasteiger partial charge on any atom is 0.158 e. The van der Waals surface area contributed by atoms with Crippen LogP contribution in [0.2, 0.25) is 0 Å². The number of pyridine rings is 1. The van der Waals surface area contributed by atoms with E-state index in [0.29, 0.717) is 12.2 Å². The molecule has 20 heavy (non-hydrogen) atoms. The number of nitrogens with zero attached hydrogens (tertiary/aromatic N) is 3. The summed E-state index contributed by atoms with van der Waals surface area (Å²) in [6, 6.07) is 9.85. The van der Waals surface area contributed by atoms with Crippen LogP contribution in [0.15, 0.2) is 36.5 Å². The van der Waals surface area contributed by atoms with Gasteiger partial charge in [0.1, 0.15) is 5.75 Å². The standard InChI is InChI=1S/C15H16N4O/c1-10-14-7-12(16)8-17-15(14)19(18-10)9-11-3-5-13(20-2)6-4-11/h3-8H,9,16H2,1-2H3. The Morgan fingerprint density at radius 2 is 2.00 bits per heavy atom. The fourth-order valence-electron chi connectivity index (χ4n) is 2.24. The Morgan fingerprint density at radius 1 is 1.25 bits per heavy atom. The second-order valence-electron chi connectivity index (χ2n) is 4.73. The van der Waals surface area contributed by atoms with Crippen molar-refractivity contribution in [3.05, 3.63) is 47.8 Å². The number of fused-ring (bicyclic) bond motifs is 1. The van der Waals surface area contributed by atoms with Crippen molar-refractivity contribution in [1.29, 1.82) is 0 Å². The maximum atomic E-state index is 5.77. The summed E-state index contributed by atoms with van der Waals surface area (Å²) in [5.74, 6) is 0.848. The summed E-state index contributed by atoms with van der Waals surface area (Å²) in [6.45, 7) is 2.64. The van der Waals surface area contributed by atoms with E-state index < -0.39 is 0 Å². The average molecular weight is 268 g/mol. The lowest BCUT2D eigenvalue weighted by atomic mass is 10.2. The molecule has 0 unspecified atom stereocenters. The Kier molecular flexibility index (Phi) is 3.02. The molecule has 0 aliphatic rings. The number of ether oxygens (including phenoxy) is 1. The van der Waals surface area contributed by atoms with Crippen LogP contribution >= 0.6 is 0 Å². The fraction of sp³-hybridized carbons (Fsp3) is 0.200. The highest BCUT2D eigenvalue weighted by atomic mass is 16.5. The fourth-order valence-corrected chi connectivity index (χ4v) is 2.24. The van der Waals surface area contributed by atoms with E-state index in [1.54, 1.807) is 13.3 Å². The number of benzene rings is 1. The molecule has 0 aliphatic heterocycles. The first-order valence-corrected chi connectivity index (χ1v) is 6.39. The van der Waals surface area contributed by atoms with Crippen molar-refractivity contribution in [2.75, 3.05) is 12.8 Å². The summed E-state index contributed by atoms with van der Waals surface area (Å²) in [6.07, 6.45) is 1.66. The molecule has 1 aromatic carbocycles. The maximum absolute atomic E-state index is 5.77. The molecule has 0 fully saturated rings. The molecular weight excluding hydrogens is 252 g/mol. The monoisotopic (exact) mass is 268 g/mol. The first-order chi connectivity index (χ1) is 9.67. The summed E-state index contributed by atoms with van der Waals surface area (Å²) in [5, 5.41) is 5.53. The topological polar surface area (TPSA) is 66.0 Å². The molecular formula is C15H16N4O. The summed E-state index contributed by atoms with van der Waals surface area (Å²) >= 11 is 0. The second-order valence-corrected chi connectivity index (χ2v) is 4.73. The molecule has 0 bridgehead atoms. The van der Waals surface area contributed by atoms with Crippen molar-refractivity contribution in [3.8, 4) is 5.75 Å². The van der Waals surface area contributed by atoms with Crippen LogP contribution in [0.4, 0.5) is 5.69 Å². The van der Waals surface area contributed by atoms with Gasteiger partial charge in [0.2, 0.25) is 0 Å². The van der Waals surface area contributed by atoms with Gasteiger partial charge in [0.05, 0.1) is 31.2 Å². The molecule has 0 amide bonds. The number of aryl methyl sites for hydroxylation is 1. The van der Waals surface area contributed by atoms with Crippen molar-refractivity contribution < 1.29 is 4.74 Å². The van der Waals surface area contributed by atoms with E-state index in [1.807, 2.05) is 41.9 Å². The first kappa shape index (κ1) is 12.5. The molecule has 3 aromatic rings. The largest absolute Gasteiger partial charge is 0.497 e. The summed E-state index contributed by atoms with van der Waals surface area (Å²) < 4.78 is 7.05. The quantitative estimate of drug-likeness (QED) is 0.792. The van der Waals surface area contributed by atoms with Gasteiger partial charge in [-0.25, -0.2) is 9.67 Å². The van der Waals surface area contributed by atoms with Crippen LogP contribution in [0.25, 0.3) is 11.0 Å². The number of nitrogens with two attached hydrogens (primary N) is 1. The smallest absolute Gasteiger partial charge is 0.158 e. The van der Waals surface area contributed by atoms with Gasteiger partial charge in [-0.05, 0) is 30.7 Å². The highest BCUT2D eigenvalue weighted by Gasteiger charge is 2.09. The lowest BCUT2D eigenvalue weighted by Gasteiger charge is -2.05. The van der Waals surface area contributed by atoms with Crippen molar-refractivity contribution in [2.45, 2.75) is 13.5 Å². The van der Waals surface area contributed by atoms with Gasteiger partial charge >= 0.3 is 0 Å². The van der Waals surface area contributed by atoms with Crippen LogP contribution in [0.5, 0.6) is 5.75 Å². The van der Waals surface area contributed by atoms with Gasteiger partial charge in [-0.2, -0.15) is 5.10 Å². The zero-order valence-corrected chi connectivity index (χ0v) is 11.5. The van der Waals surface area contributed by atoms with Crippen LogP contribution in [-0.4, -0.2) is 21.9 Å². The van der Waals surface area contributed by atoms with Crippen LogP contribution in [0.1, 0.15) is 11.3 Å². The Balaban J connectivity index is 1.97. The highest BCUT2D eigenvalue weighted by molar-refractivity contribution is 5.81. The van der Waals surface area contributed by atoms with Gasteiger partial charge in [-0.3, -0.25) is 0 Å². The molecule has 0 saturated carbocycles. The zero-order valence-electron chi connectivity index (χ0n) is 11.5. The predicted molar refractivity (Wildman–Crippen MR) is 78.8 cm³/mol. The summed E-state index contributed by atoms with van der Waals surface area (Å²) in [7, 11) is 1.66. The Bertz CT molecular complexity index is 746. The first-order valence-electron chi connectivity index (χ1n) is 6.39. The predicted octanol–water partition coefficient (Wildman–Crippen LogP) is 2.38. The van der Waals surface area contributed by atoms with E-state index in [4.69, 9.17) is 10.5 Å². The SMILES string of the molecule is COc1ccc(Cn2nc(C)c3cc(N)cnc32)cc1. The van der Waals surface area contributed by atoms with Gasteiger partial charge < -0.3 is 10.5 Å². The third-order valence-electron chi connectivity index (χ3n) is 3.28. The molecule has 0 spiro atoms. The normalized spacial score (nSPS) is 10.9. The molecule has 3 rings (SSSR count). The number of aromatic nitrogens is 3. The Morgan fingerprint density at radius 3 is 2.70 bits per heavy atom. The highest BCUT2D eigenvalue weighted by Crippen LogP contribution is 2.20. The molecule has 0 radical (unpaired) electrons. The Labute approximate surface area is 117 Å². The minimum absolute atomic E-state index is 0.657. The van der Waals surface area contributed by atoms with E-state index in [0.717, 1.165) is 28.0 Å². The number of hydrogen-bond acceptors (Lipinski definition) is 4. The average Bonchev–Trinajstić information content (AvgIpc) is 2.76. The van der Waals surface area contributed by atoms with Crippen LogP contribution in [0, 0.1) is 6.92 Å². The van der Waals surface area contributed by atoms with E-state index in [-0.39, 0.29) is 0 Å². The van der Waals surface area contributed by atoms with E-state index in [1.165, 1.54) is 0 Å². The van der Waals surface area contributed by atoms with Gasteiger partial charge in [0, 0.05) is 5.39 Å². The molecule has 0 saturated heterocycles. The van der Waals surface area contributed by atoms with Crippen molar-refractivity contribution in [2.24, 2.45) is 0 Å². The van der Waals surface area contributed by atoms with Gasteiger partial charge in [-0.15, -0.1) is 0 Å². The van der Waals surface area contributed by atoms with Gasteiger partial charge in [0.25, 0.3) is 0 Å².